The van der Waals surface area contributed by atoms with Crippen molar-refractivity contribution in [2.45, 2.75) is 31.7 Å². The quantitative estimate of drug-likeness (QED) is 0.768. The van der Waals surface area contributed by atoms with Crippen LogP contribution in [0.25, 0.3) is 11.1 Å². The second-order valence-corrected chi connectivity index (χ2v) is 7.49. The minimum atomic E-state index is 0.668. The summed E-state index contributed by atoms with van der Waals surface area (Å²) in [7, 11) is 0. The van der Waals surface area contributed by atoms with Crippen LogP contribution in [0, 0.1) is 0 Å². The summed E-state index contributed by atoms with van der Waals surface area (Å²) >= 11 is 0. The minimum absolute atomic E-state index is 0.668. The Morgan fingerprint density at radius 3 is 2.16 bits per heavy atom. The molecule has 3 aliphatic rings. The minimum Gasteiger partial charge on any atom is -0.379 e. The van der Waals surface area contributed by atoms with Crippen molar-refractivity contribution in [3.05, 3.63) is 70.8 Å². The van der Waals surface area contributed by atoms with Gasteiger partial charge < -0.3 is 4.74 Å². The topological polar surface area (TPSA) is 12.5 Å². The molecule has 2 aliphatic carbocycles. The number of hydrogen-bond donors (Lipinski definition) is 0. The third-order valence-electron chi connectivity index (χ3n) is 6.16. The normalized spacial score (nSPS) is 23.4. The number of hydrogen-bond acceptors (Lipinski definition) is 2. The van der Waals surface area contributed by atoms with Crippen molar-refractivity contribution >= 4 is 11.1 Å². The van der Waals surface area contributed by atoms with E-state index in [1.54, 1.807) is 11.1 Å². The van der Waals surface area contributed by atoms with Gasteiger partial charge in [0.25, 0.3) is 0 Å². The van der Waals surface area contributed by atoms with Crippen LogP contribution in [0.15, 0.2) is 48.5 Å². The molecule has 1 fully saturated rings. The molecule has 2 aromatic rings. The van der Waals surface area contributed by atoms with Crippen LogP contribution in [0.2, 0.25) is 0 Å². The molecule has 0 spiro atoms. The van der Waals surface area contributed by atoms with E-state index >= 15 is 0 Å². The highest BCUT2D eigenvalue weighted by Gasteiger charge is 2.30. The van der Waals surface area contributed by atoms with E-state index in [9.17, 15) is 0 Å². The number of morpholine rings is 1. The summed E-state index contributed by atoms with van der Waals surface area (Å²) in [5, 5.41) is 0. The first-order valence-electron chi connectivity index (χ1n) is 9.60. The molecule has 5 rings (SSSR count). The Balaban J connectivity index is 1.59. The molecule has 0 aromatic heterocycles. The Morgan fingerprint density at radius 1 is 0.800 bits per heavy atom. The van der Waals surface area contributed by atoms with E-state index in [4.69, 9.17) is 4.74 Å². The van der Waals surface area contributed by atoms with Crippen LogP contribution in [-0.4, -0.2) is 37.2 Å². The average Bonchev–Trinajstić information content (AvgIpc) is 2.83. The third kappa shape index (κ3) is 2.74. The van der Waals surface area contributed by atoms with Gasteiger partial charge in [-0.15, -0.1) is 0 Å². The summed E-state index contributed by atoms with van der Waals surface area (Å²) in [4.78, 5) is 2.66. The molecule has 2 nitrogen and oxygen atoms in total. The maximum Gasteiger partial charge on any atom is 0.0594 e. The zero-order valence-corrected chi connectivity index (χ0v) is 14.7. The van der Waals surface area contributed by atoms with Gasteiger partial charge in [0.15, 0.2) is 0 Å². The zero-order valence-electron chi connectivity index (χ0n) is 14.7. The molecule has 1 heterocycles. The summed E-state index contributed by atoms with van der Waals surface area (Å²) in [6, 6.07) is 18.8. The van der Waals surface area contributed by atoms with Gasteiger partial charge in [0.2, 0.25) is 0 Å². The molecule has 0 saturated carbocycles. The summed E-state index contributed by atoms with van der Waals surface area (Å²) < 4.78 is 5.57. The molecule has 0 radical (unpaired) electrons. The van der Waals surface area contributed by atoms with Gasteiger partial charge in [0, 0.05) is 19.1 Å². The van der Waals surface area contributed by atoms with E-state index in [1.165, 1.54) is 41.5 Å². The van der Waals surface area contributed by atoms with Gasteiger partial charge in [-0.05, 0) is 59.1 Å². The third-order valence-corrected chi connectivity index (χ3v) is 6.16. The van der Waals surface area contributed by atoms with Crippen molar-refractivity contribution in [2.24, 2.45) is 0 Å². The van der Waals surface area contributed by atoms with E-state index < -0.39 is 0 Å². The largest absolute Gasteiger partial charge is 0.379 e. The highest BCUT2D eigenvalue weighted by Crippen LogP contribution is 2.44. The Labute approximate surface area is 150 Å². The van der Waals surface area contributed by atoms with E-state index in [0.717, 1.165) is 32.7 Å². The average molecular weight is 331 g/mol. The number of ether oxygens (including phenoxy) is 1. The van der Waals surface area contributed by atoms with Crippen LogP contribution in [0.4, 0.5) is 0 Å². The molecule has 128 valence electrons. The molecule has 0 amide bonds. The highest BCUT2D eigenvalue weighted by molar-refractivity contribution is 5.95. The molecule has 1 unspecified atom stereocenters. The molecule has 0 bridgehead atoms. The lowest BCUT2D eigenvalue weighted by Crippen LogP contribution is -2.44. The molecule has 0 N–H and O–H groups in total. The highest BCUT2D eigenvalue weighted by atomic mass is 16.5. The van der Waals surface area contributed by atoms with Gasteiger partial charge in [-0.2, -0.15) is 0 Å². The van der Waals surface area contributed by atoms with Crippen molar-refractivity contribution in [1.29, 1.82) is 0 Å². The van der Waals surface area contributed by atoms with Gasteiger partial charge in [-0.1, -0.05) is 48.5 Å². The van der Waals surface area contributed by atoms with E-state index in [1.807, 2.05) is 0 Å². The van der Waals surface area contributed by atoms with Gasteiger partial charge in [-0.3, -0.25) is 4.90 Å². The summed E-state index contributed by atoms with van der Waals surface area (Å²) in [5.41, 5.74) is 9.17. The van der Waals surface area contributed by atoms with Gasteiger partial charge >= 0.3 is 0 Å². The summed E-state index contributed by atoms with van der Waals surface area (Å²) in [6.45, 7) is 3.96. The van der Waals surface area contributed by atoms with Crippen LogP contribution in [0.3, 0.4) is 0 Å². The summed E-state index contributed by atoms with van der Waals surface area (Å²) in [6.07, 6.45) is 4.71. The fraction of sp³-hybridized carbons (Fsp3) is 0.391. The van der Waals surface area contributed by atoms with Crippen molar-refractivity contribution in [1.82, 2.24) is 4.90 Å². The van der Waals surface area contributed by atoms with E-state index in [0.29, 0.717) is 6.04 Å². The second-order valence-electron chi connectivity index (χ2n) is 7.49. The van der Waals surface area contributed by atoms with Crippen molar-refractivity contribution in [2.75, 3.05) is 26.3 Å². The lowest BCUT2D eigenvalue weighted by Gasteiger charge is -2.38. The zero-order chi connectivity index (χ0) is 16.6. The predicted molar refractivity (Wildman–Crippen MR) is 103 cm³/mol. The van der Waals surface area contributed by atoms with Gasteiger partial charge in [0.05, 0.1) is 13.2 Å². The van der Waals surface area contributed by atoms with Gasteiger partial charge in [0.1, 0.15) is 0 Å². The Morgan fingerprint density at radius 2 is 1.44 bits per heavy atom. The smallest absolute Gasteiger partial charge is 0.0594 e. The van der Waals surface area contributed by atoms with E-state index in [-0.39, 0.29) is 0 Å². The monoisotopic (exact) mass is 331 g/mol. The molecule has 1 atom stereocenters. The molecule has 25 heavy (non-hydrogen) atoms. The molecule has 1 aliphatic heterocycles. The number of rotatable bonds is 1. The lowest BCUT2D eigenvalue weighted by atomic mass is 9.81. The van der Waals surface area contributed by atoms with Gasteiger partial charge in [-0.25, -0.2) is 0 Å². The lowest BCUT2D eigenvalue weighted by molar-refractivity contribution is 0.0156. The molecule has 2 aromatic carbocycles. The van der Waals surface area contributed by atoms with Crippen LogP contribution in [-0.2, 0) is 11.2 Å². The molecular weight excluding hydrogens is 306 g/mol. The predicted octanol–water partition coefficient (Wildman–Crippen LogP) is 4.39. The first-order valence-corrected chi connectivity index (χ1v) is 9.60. The fourth-order valence-electron chi connectivity index (χ4n) is 4.89. The number of benzene rings is 2. The van der Waals surface area contributed by atoms with Crippen molar-refractivity contribution in [3.8, 4) is 0 Å². The number of nitrogens with zero attached hydrogens (tertiary/aromatic N) is 1. The first-order chi connectivity index (χ1) is 12.4. The molecule has 2 heteroatoms. The maximum atomic E-state index is 5.57. The number of allylic oxidation sites excluding steroid dienone is 1. The standard InChI is InChI=1S/C23H25NO/c1-3-7-20-17(5-1)15-18-6-2-4-8-21(18)23-16-19(9-10-22(20)23)24-11-13-25-14-12-24/h1-8,19H,9-16H2. The van der Waals surface area contributed by atoms with Crippen LogP contribution in [0.1, 0.15) is 41.5 Å². The molecule has 1 saturated heterocycles. The summed E-state index contributed by atoms with van der Waals surface area (Å²) in [5.74, 6) is 0. The van der Waals surface area contributed by atoms with Crippen LogP contribution in [0.5, 0.6) is 0 Å². The Hall–Kier alpha value is -1.90. The number of fused-ring (bicyclic) bond motifs is 4. The van der Waals surface area contributed by atoms with Crippen LogP contribution < -0.4 is 0 Å². The van der Waals surface area contributed by atoms with E-state index in [2.05, 4.69) is 53.4 Å². The second kappa shape index (κ2) is 6.44. The Kier molecular flexibility index (Phi) is 3.95. The SMILES string of the molecule is c1ccc2c(c1)Cc1ccccc1C1=C2CCC(N2CCOCC2)C1. The fourth-order valence-corrected chi connectivity index (χ4v) is 4.89. The maximum absolute atomic E-state index is 5.57. The van der Waals surface area contributed by atoms with Crippen molar-refractivity contribution < 1.29 is 4.74 Å². The Bertz CT molecular complexity index is 816. The first kappa shape index (κ1) is 15.4. The molecular formula is C23H25NO. The van der Waals surface area contributed by atoms with Crippen molar-refractivity contribution in [3.63, 3.8) is 0 Å². The van der Waals surface area contributed by atoms with Crippen LogP contribution >= 0.6 is 0 Å².